The molecule has 0 unspecified atom stereocenters. The summed E-state index contributed by atoms with van der Waals surface area (Å²) in [5, 5.41) is 15.9. The van der Waals surface area contributed by atoms with Crippen LogP contribution in [0.1, 0.15) is 19.8 Å². The number of aliphatic carboxylic acids is 1. The van der Waals surface area contributed by atoms with E-state index in [4.69, 9.17) is 24.1 Å². The summed E-state index contributed by atoms with van der Waals surface area (Å²) in [7, 11) is 0. The summed E-state index contributed by atoms with van der Waals surface area (Å²) < 4.78 is 20.7. The number of carboxylic acids is 1. The molecule has 4 N–H and O–H groups in total. The maximum Gasteiger partial charge on any atom is 0.322 e. The molecule has 12 heteroatoms. The molecule has 0 spiro atoms. The van der Waals surface area contributed by atoms with Crippen LogP contribution in [0, 0.1) is 0 Å². The minimum absolute atomic E-state index is 0.00547. The van der Waals surface area contributed by atoms with Crippen molar-refractivity contribution in [2.24, 2.45) is 0 Å². The van der Waals surface area contributed by atoms with Crippen molar-refractivity contribution in [2.75, 3.05) is 72.5 Å². The van der Waals surface area contributed by atoms with Crippen LogP contribution in [-0.4, -0.2) is 101 Å². The van der Waals surface area contributed by atoms with Gasteiger partial charge in [0.25, 0.3) is 0 Å². The number of hydrogen-bond donors (Lipinski definition) is 4. The highest BCUT2D eigenvalue weighted by Gasteiger charge is 2.04. The van der Waals surface area contributed by atoms with Gasteiger partial charge in [-0.1, -0.05) is 6.92 Å². The topological polar surface area (TPSA) is 162 Å². The number of carbonyl (C=O) groups excluding carboxylic acids is 3. The lowest BCUT2D eigenvalue weighted by atomic mass is 10.3. The fraction of sp³-hybridized carbons (Fsp3) is 0.778. The Kier molecular flexibility index (Phi) is 18.5. The number of carboxylic acid groups (broad SMARTS) is 1. The lowest BCUT2D eigenvalue weighted by Gasteiger charge is -2.08. The van der Waals surface area contributed by atoms with Crippen molar-refractivity contribution in [2.45, 2.75) is 19.8 Å². The van der Waals surface area contributed by atoms with E-state index in [2.05, 4.69) is 16.0 Å². The molecule has 0 saturated heterocycles. The van der Waals surface area contributed by atoms with Gasteiger partial charge < -0.3 is 40.0 Å². The third kappa shape index (κ3) is 20.5. The second-order valence-electron chi connectivity index (χ2n) is 5.95. The van der Waals surface area contributed by atoms with Gasteiger partial charge in [-0.15, -0.1) is 0 Å². The van der Waals surface area contributed by atoms with E-state index in [9.17, 15) is 19.2 Å². The number of nitrogens with one attached hydrogen (secondary N) is 3. The van der Waals surface area contributed by atoms with Gasteiger partial charge in [-0.05, 0) is 6.42 Å². The number of rotatable bonds is 20. The number of amides is 3. The van der Waals surface area contributed by atoms with Crippen molar-refractivity contribution in [1.29, 1.82) is 0 Å². The third-order valence-electron chi connectivity index (χ3n) is 3.26. The molecule has 0 aromatic rings. The first-order chi connectivity index (χ1) is 14.5. The lowest BCUT2D eigenvalue weighted by molar-refractivity contribution is -0.138. The zero-order valence-corrected chi connectivity index (χ0v) is 17.4. The normalized spacial score (nSPS) is 10.4. The third-order valence-corrected chi connectivity index (χ3v) is 3.26. The first-order valence-electron chi connectivity index (χ1n) is 9.78. The summed E-state index contributed by atoms with van der Waals surface area (Å²) in [5.74, 6) is -1.92. The Morgan fingerprint density at radius 3 is 1.63 bits per heavy atom. The van der Waals surface area contributed by atoms with Gasteiger partial charge in [0.15, 0.2) is 0 Å². The van der Waals surface area contributed by atoms with Crippen molar-refractivity contribution in [1.82, 2.24) is 16.0 Å². The highest BCUT2D eigenvalue weighted by molar-refractivity contribution is 5.81. The summed E-state index contributed by atoms with van der Waals surface area (Å²) in [6.45, 7) is 3.54. The van der Waals surface area contributed by atoms with Crippen LogP contribution < -0.4 is 16.0 Å². The Morgan fingerprint density at radius 1 is 0.667 bits per heavy atom. The minimum Gasteiger partial charge on any atom is -0.480 e. The predicted octanol–water partition coefficient (Wildman–Crippen LogP) is -1.71. The van der Waals surface area contributed by atoms with E-state index in [-0.39, 0.29) is 51.5 Å². The molecule has 0 aromatic heterocycles. The standard InChI is InChI=1S/C18H33N3O9/c1-2-3-15(22)19-4-6-27-8-10-29-13-16(23)20-5-7-28-9-11-30-14-17(24)21-12-18(25)26/h2-14H2,1H3,(H,19,22)(H,20,23)(H,21,24)(H,25,26). The molecular formula is C18H33N3O9. The predicted molar refractivity (Wildman–Crippen MR) is 105 cm³/mol. The van der Waals surface area contributed by atoms with Crippen LogP contribution in [0.3, 0.4) is 0 Å². The second-order valence-corrected chi connectivity index (χ2v) is 5.95. The fourth-order valence-corrected chi connectivity index (χ4v) is 1.89. The summed E-state index contributed by atoms with van der Waals surface area (Å²) in [5.41, 5.74) is 0. The highest BCUT2D eigenvalue weighted by Crippen LogP contribution is 1.85. The molecular weight excluding hydrogens is 402 g/mol. The van der Waals surface area contributed by atoms with Crippen molar-refractivity contribution in [3.8, 4) is 0 Å². The molecule has 0 atom stereocenters. The Balaban J connectivity index is 3.32. The van der Waals surface area contributed by atoms with Crippen LogP contribution in [0.4, 0.5) is 0 Å². The molecule has 0 bridgehead atoms. The van der Waals surface area contributed by atoms with Crippen molar-refractivity contribution >= 4 is 23.7 Å². The summed E-state index contributed by atoms with van der Waals surface area (Å²) in [6.07, 6.45) is 1.31. The zero-order chi connectivity index (χ0) is 22.5. The Bertz CT molecular complexity index is 503. The van der Waals surface area contributed by atoms with Crippen molar-refractivity contribution in [3.05, 3.63) is 0 Å². The molecule has 0 heterocycles. The molecule has 0 aliphatic rings. The lowest BCUT2D eigenvalue weighted by Crippen LogP contribution is -2.33. The van der Waals surface area contributed by atoms with E-state index in [1.165, 1.54) is 0 Å². The van der Waals surface area contributed by atoms with Gasteiger partial charge in [0, 0.05) is 19.5 Å². The molecule has 0 rings (SSSR count). The first kappa shape index (κ1) is 27.7. The van der Waals surface area contributed by atoms with Crippen molar-refractivity contribution < 1.29 is 43.2 Å². The molecule has 0 saturated carbocycles. The number of ether oxygens (including phenoxy) is 4. The molecule has 30 heavy (non-hydrogen) atoms. The van der Waals surface area contributed by atoms with E-state index in [1.807, 2.05) is 6.92 Å². The van der Waals surface area contributed by atoms with E-state index in [0.29, 0.717) is 32.7 Å². The number of carbonyl (C=O) groups is 4. The monoisotopic (exact) mass is 435 g/mol. The van der Waals surface area contributed by atoms with E-state index < -0.39 is 18.4 Å². The smallest absolute Gasteiger partial charge is 0.322 e. The quantitative estimate of drug-likeness (QED) is 0.163. The molecule has 0 aliphatic heterocycles. The van der Waals surface area contributed by atoms with Gasteiger partial charge in [-0.3, -0.25) is 19.2 Å². The summed E-state index contributed by atoms with van der Waals surface area (Å²) in [6, 6.07) is 0. The SMILES string of the molecule is CCCC(=O)NCCOCCOCC(=O)NCCOCCOCC(=O)NCC(=O)O. The molecule has 0 aromatic carbocycles. The fourth-order valence-electron chi connectivity index (χ4n) is 1.89. The first-order valence-corrected chi connectivity index (χ1v) is 9.78. The number of hydrogen-bond acceptors (Lipinski definition) is 8. The maximum absolute atomic E-state index is 11.5. The van der Waals surface area contributed by atoms with Gasteiger partial charge >= 0.3 is 5.97 Å². The molecule has 0 radical (unpaired) electrons. The highest BCUT2D eigenvalue weighted by atomic mass is 16.5. The Labute approximate surface area is 175 Å². The minimum atomic E-state index is -1.13. The average Bonchev–Trinajstić information content (AvgIpc) is 2.70. The molecule has 3 amide bonds. The summed E-state index contributed by atoms with van der Waals surface area (Å²) in [4.78, 5) is 44.2. The van der Waals surface area contributed by atoms with Crippen LogP contribution in [0.2, 0.25) is 0 Å². The molecule has 0 aliphatic carbocycles. The van der Waals surface area contributed by atoms with Crippen LogP contribution >= 0.6 is 0 Å². The van der Waals surface area contributed by atoms with Gasteiger partial charge in [-0.25, -0.2) is 0 Å². The maximum atomic E-state index is 11.5. The van der Waals surface area contributed by atoms with Gasteiger partial charge in [-0.2, -0.15) is 0 Å². The van der Waals surface area contributed by atoms with Gasteiger partial charge in [0.05, 0.1) is 39.6 Å². The largest absolute Gasteiger partial charge is 0.480 e. The van der Waals surface area contributed by atoms with Crippen LogP contribution in [-0.2, 0) is 38.1 Å². The van der Waals surface area contributed by atoms with Crippen LogP contribution in [0.25, 0.3) is 0 Å². The van der Waals surface area contributed by atoms with E-state index >= 15 is 0 Å². The average molecular weight is 435 g/mol. The van der Waals surface area contributed by atoms with E-state index in [1.54, 1.807) is 0 Å². The molecule has 174 valence electrons. The van der Waals surface area contributed by atoms with Gasteiger partial charge in [0.1, 0.15) is 19.8 Å². The Morgan fingerprint density at radius 2 is 1.13 bits per heavy atom. The second kappa shape index (κ2) is 20.0. The van der Waals surface area contributed by atoms with Gasteiger partial charge in [0.2, 0.25) is 17.7 Å². The van der Waals surface area contributed by atoms with Crippen molar-refractivity contribution in [3.63, 3.8) is 0 Å². The van der Waals surface area contributed by atoms with E-state index in [0.717, 1.165) is 6.42 Å². The zero-order valence-electron chi connectivity index (χ0n) is 17.4. The summed E-state index contributed by atoms with van der Waals surface area (Å²) >= 11 is 0. The molecule has 0 fully saturated rings. The van der Waals surface area contributed by atoms with Crippen LogP contribution in [0.5, 0.6) is 0 Å². The van der Waals surface area contributed by atoms with Crippen LogP contribution in [0.15, 0.2) is 0 Å². The Hall–Kier alpha value is -2.28. The molecule has 12 nitrogen and oxygen atoms in total.